The molecule has 34 heavy (non-hydrogen) atoms. The molecule has 0 aliphatic carbocycles. The highest BCUT2D eigenvalue weighted by molar-refractivity contribution is 7.13. The van der Waals surface area contributed by atoms with Crippen molar-refractivity contribution in [3.63, 3.8) is 0 Å². The van der Waals surface area contributed by atoms with Crippen LogP contribution in [0.4, 0.5) is 5.69 Å². The fourth-order valence-electron chi connectivity index (χ4n) is 3.45. The van der Waals surface area contributed by atoms with Crippen molar-refractivity contribution in [2.75, 3.05) is 5.32 Å². The predicted octanol–water partition coefficient (Wildman–Crippen LogP) is 8.18. The van der Waals surface area contributed by atoms with E-state index in [0.29, 0.717) is 27.8 Å². The molecule has 0 spiro atoms. The number of para-hydroxylation sites is 1. The fraction of sp³-hybridized carbons (Fsp3) is 0. The van der Waals surface area contributed by atoms with Gasteiger partial charge in [0.15, 0.2) is 0 Å². The first-order valence-corrected chi connectivity index (χ1v) is 11.9. The molecule has 166 valence electrons. The summed E-state index contributed by atoms with van der Waals surface area (Å²) < 4.78 is 5.85. The van der Waals surface area contributed by atoms with Gasteiger partial charge < -0.3 is 10.1 Å². The quantitative estimate of drug-likeness (QED) is 0.265. The molecule has 4 aromatic carbocycles. The van der Waals surface area contributed by atoms with Gasteiger partial charge in [0.05, 0.1) is 10.7 Å². The Kier molecular flexibility index (Phi) is 6.38. The summed E-state index contributed by atoms with van der Waals surface area (Å²) >= 11 is 7.86. The zero-order valence-corrected chi connectivity index (χ0v) is 19.5. The number of hydrogen-bond donors (Lipinski definition) is 1. The Morgan fingerprint density at radius 3 is 2.44 bits per heavy atom. The van der Waals surface area contributed by atoms with E-state index in [4.69, 9.17) is 21.3 Å². The van der Waals surface area contributed by atoms with E-state index in [1.54, 1.807) is 18.2 Å². The molecule has 1 N–H and O–H groups in total. The van der Waals surface area contributed by atoms with Crippen molar-refractivity contribution < 1.29 is 9.53 Å². The third-order valence-corrected chi connectivity index (χ3v) is 6.30. The molecule has 0 saturated carbocycles. The van der Waals surface area contributed by atoms with Crippen LogP contribution in [-0.4, -0.2) is 10.9 Å². The minimum absolute atomic E-state index is 0.217. The minimum Gasteiger partial charge on any atom is -0.457 e. The molecule has 0 radical (unpaired) electrons. The lowest BCUT2D eigenvalue weighted by Gasteiger charge is -2.09. The standard InChI is InChI=1S/C28H19ClN2O2S/c29-25-15-5-4-14-24(25)28-31-26(18-34-28)19-8-6-10-21(16-19)30-27(32)20-9-7-13-23(17-20)33-22-11-2-1-3-12-22/h1-18H,(H,30,32). The molecule has 0 saturated heterocycles. The molecule has 1 aromatic heterocycles. The van der Waals surface area contributed by atoms with Gasteiger partial charge in [0, 0.05) is 27.8 Å². The third kappa shape index (κ3) is 5.01. The number of carbonyl (C=O) groups is 1. The number of hydrogen-bond acceptors (Lipinski definition) is 4. The van der Waals surface area contributed by atoms with E-state index in [0.717, 1.165) is 21.8 Å². The van der Waals surface area contributed by atoms with E-state index in [1.165, 1.54) is 11.3 Å². The highest BCUT2D eigenvalue weighted by Crippen LogP contribution is 2.33. The number of carbonyl (C=O) groups excluding carboxylic acids is 1. The van der Waals surface area contributed by atoms with Crippen LogP contribution in [-0.2, 0) is 0 Å². The van der Waals surface area contributed by atoms with E-state index in [-0.39, 0.29) is 5.91 Å². The van der Waals surface area contributed by atoms with Gasteiger partial charge in [0.1, 0.15) is 16.5 Å². The number of benzene rings is 4. The highest BCUT2D eigenvalue weighted by atomic mass is 35.5. The molecule has 4 nitrogen and oxygen atoms in total. The average molecular weight is 483 g/mol. The molecule has 0 unspecified atom stereocenters. The van der Waals surface area contributed by atoms with Gasteiger partial charge in [-0.05, 0) is 48.5 Å². The van der Waals surface area contributed by atoms with Crippen LogP contribution in [0.15, 0.2) is 109 Å². The number of amides is 1. The van der Waals surface area contributed by atoms with Crippen LogP contribution >= 0.6 is 22.9 Å². The molecule has 1 amide bonds. The van der Waals surface area contributed by atoms with E-state index in [9.17, 15) is 4.79 Å². The first-order chi connectivity index (χ1) is 16.7. The summed E-state index contributed by atoms with van der Waals surface area (Å²) in [4.78, 5) is 17.6. The fourth-order valence-corrected chi connectivity index (χ4v) is 4.60. The smallest absolute Gasteiger partial charge is 0.255 e. The van der Waals surface area contributed by atoms with Crippen LogP contribution in [0.1, 0.15) is 10.4 Å². The number of rotatable bonds is 6. The Hall–Kier alpha value is -3.93. The number of ether oxygens (including phenoxy) is 1. The number of nitrogens with zero attached hydrogens (tertiary/aromatic N) is 1. The zero-order chi connectivity index (χ0) is 23.3. The Labute approximate surface area is 206 Å². The lowest BCUT2D eigenvalue weighted by atomic mass is 10.1. The van der Waals surface area contributed by atoms with Gasteiger partial charge in [-0.25, -0.2) is 4.98 Å². The number of thiazole rings is 1. The van der Waals surface area contributed by atoms with Gasteiger partial charge in [0.2, 0.25) is 0 Å². The van der Waals surface area contributed by atoms with Crippen molar-refractivity contribution in [1.82, 2.24) is 4.98 Å². The monoisotopic (exact) mass is 482 g/mol. The summed E-state index contributed by atoms with van der Waals surface area (Å²) in [5, 5.41) is 6.48. The van der Waals surface area contributed by atoms with Gasteiger partial charge in [-0.3, -0.25) is 4.79 Å². The van der Waals surface area contributed by atoms with Crippen LogP contribution in [0.3, 0.4) is 0 Å². The maximum absolute atomic E-state index is 12.9. The summed E-state index contributed by atoms with van der Waals surface area (Å²) in [6.45, 7) is 0. The van der Waals surface area contributed by atoms with Crippen molar-refractivity contribution in [3.05, 3.63) is 119 Å². The topological polar surface area (TPSA) is 51.2 Å². The largest absolute Gasteiger partial charge is 0.457 e. The number of nitrogens with one attached hydrogen (secondary N) is 1. The Morgan fingerprint density at radius 2 is 1.59 bits per heavy atom. The summed E-state index contributed by atoms with van der Waals surface area (Å²) in [5.74, 6) is 1.10. The van der Waals surface area contributed by atoms with E-state index in [2.05, 4.69) is 5.32 Å². The molecule has 0 bridgehead atoms. The summed E-state index contributed by atoms with van der Waals surface area (Å²) in [7, 11) is 0. The molecule has 0 atom stereocenters. The molecule has 5 rings (SSSR count). The third-order valence-electron chi connectivity index (χ3n) is 5.10. The Morgan fingerprint density at radius 1 is 0.824 bits per heavy atom. The minimum atomic E-state index is -0.217. The van der Waals surface area contributed by atoms with Crippen molar-refractivity contribution in [2.24, 2.45) is 0 Å². The number of halogens is 1. The van der Waals surface area contributed by atoms with Gasteiger partial charge in [-0.15, -0.1) is 11.3 Å². The second-order valence-electron chi connectivity index (χ2n) is 7.50. The van der Waals surface area contributed by atoms with Gasteiger partial charge >= 0.3 is 0 Å². The van der Waals surface area contributed by atoms with Gasteiger partial charge in [-0.1, -0.05) is 66.2 Å². The lowest BCUT2D eigenvalue weighted by Crippen LogP contribution is -2.11. The van der Waals surface area contributed by atoms with Crippen LogP contribution in [0.5, 0.6) is 11.5 Å². The van der Waals surface area contributed by atoms with E-state index >= 15 is 0 Å². The SMILES string of the molecule is O=C(Nc1cccc(-c2csc(-c3ccccc3Cl)n2)c1)c1cccc(Oc2ccccc2)c1. The maximum atomic E-state index is 12.9. The summed E-state index contributed by atoms with van der Waals surface area (Å²) in [5.41, 5.74) is 3.84. The van der Waals surface area contributed by atoms with Crippen LogP contribution in [0, 0.1) is 0 Å². The van der Waals surface area contributed by atoms with Crippen molar-refractivity contribution in [3.8, 4) is 33.3 Å². The Balaban J connectivity index is 1.32. The average Bonchev–Trinajstić information content (AvgIpc) is 3.35. The van der Waals surface area contributed by atoms with Crippen LogP contribution in [0.2, 0.25) is 5.02 Å². The second-order valence-corrected chi connectivity index (χ2v) is 8.76. The predicted molar refractivity (Wildman–Crippen MR) is 139 cm³/mol. The van der Waals surface area contributed by atoms with E-state index < -0.39 is 0 Å². The molecule has 0 aliphatic heterocycles. The zero-order valence-electron chi connectivity index (χ0n) is 17.9. The Bertz CT molecular complexity index is 1450. The van der Waals surface area contributed by atoms with Gasteiger partial charge in [0.25, 0.3) is 5.91 Å². The highest BCUT2D eigenvalue weighted by Gasteiger charge is 2.12. The van der Waals surface area contributed by atoms with Crippen molar-refractivity contribution >= 4 is 34.5 Å². The van der Waals surface area contributed by atoms with Crippen molar-refractivity contribution in [2.45, 2.75) is 0 Å². The first-order valence-electron chi connectivity index (χ1n) is 10.6. The first kappa shape index (κ1) is 21.9. The molecule has 0 aliphatic rings. The number of anilines is 1. The van der Waals surface area contributed by atoms with Gasteiger partial charge in [-0.2, -0.15) is 0 Å². The molecule has 1 heterocycles. The molecule has 5 aromatic rings. The second kappa shape index (κ2) is 9.91. The van der Waals surface area contributed by atoms with E-state index in [1.807, 2.05) is 90.3 Å². The summed E-state index contributed by atoms with van der Waals surface area (Å²) in [6.07, 6.45) is 0. The normalized spacial score (nSPS) is 10.6. The molecule has 6 heteroatoms. The maximum Gasteiger partial charge on any atom is 0.255 e. The summed E-state index contributed by atoms with van der Waals surface area (Å²) in [6, 6.07) is 31.9. The lowest BCUT2D eigenvalue weighted by molar-refractivity contribution is 0.102. The molecule has 0 fully saturated rings. The van der Waals surface area contributed by atoms with Crippen LogP contribution in [0.25, 0.3) is 21.8 Å². The molecular formula is C28H19ClN2O2S. The van der Waals surface area contributed by atoms with Crippen molar-refractivity contribution in [1.29, 1.82) is 0 Å². The number of aromatic nitrogens is 1. The molecular weight excluding hydrogens is 464 g/mol. The van der Waals surface area contributed by atoms with Crippen LogP contribution < -0.4 is 10.1 Å².